The molecule has 4 nitrogen and oxygen atoms in total. The van der Waals surface area contributed by atoms with Crippen LogP contribution in [0.25, 0.3) is 0 Å². The van der Waals surface area contributed by atoms with Crippen molar-refractivity contribution in [3.05, 3.63) is 17.3 Å². The van der Waals surface area contributed by atoms with Gasteiger partial charge in [0.15, 0.2) is 0 Å². The van der Waals surface area contributed by atoms with Gasteiger partial charge in [-0.25, -0.2) is 4.98 Å². The average Bonchev–Trinajstić information content (AvgIpc) is 2.27. The van der Waals surface area contributed by atoms with E-state index in [9.17, 15) is 0 Å². The predicted molar refractivity (Wildman–Crippen MR) is 72.6 cm³/mol. The lowest BCUT2D eigenvalue weighted by atomic mass is 10.2. The summed E-state index contributed by atoms with van der Waals surface area (Å²) in [6, 6.07) is 4.10. The van der Waals surface area contributed by atoms with E-state index in [2.05, 4.69) is 28.6 Å². The van der Waals surface area contributed by atoms with Crippen molar-refractivity contribution >= 4 is 23.1 Å². The molecule has 17 heavy (non-hydrogen) atoms. The number of nitrogens with zero attached hydrogens (tertiary/aromatic N) is 3. The van der Waals surface area contributed by atoms with Crippen LogP contribution in [-0.2, 0) is 0 Å². The minimum atomic E-state index is 0.463. The van der Waals surface area contributed by atoms with E-state index in [4.69, 9.17) is 17.3 Å². The number of piperazine rings is 1. The summed E-state index contributed by atoms with van der Waals surface area (Å²) in [7, 11) is 0. The van der Waals surface area contributed by atoms with Crippen LogP contribution >= 0.6 is 11.6 Å². The van der Waals surface area contributed by atoms with Gasteiger partial charge in [-0.05, 0) is 19.5 Å². The molecule has 1 aliphatic heterocycles. The molecule has 1 atom stereocenters. The van der Waals surface area contributed by atoms with Gasteiger partial charge in [-0.1, -0.05) is 18.5 Å². The van der Waals surface area contributed by atoms with Crippen molar-refractivity contribution in [1.29, 1.82) is 0 Å². The molecule has 1 aromatic heterocycles. The van der Waals surface area contributed by atoms with Crippen LogP contribution in [0.3, 0.4) is 0 Å². The van der Waals surface area contributed by atoms with Gasteiger partial charge in [-0.3, -0.25) is 4.90 Å². The highest BCUT2D eigenvalue weighted by Crippen LogP contribution is 2.22. The van der Waals surface area contributed by atoms with Crippen LogP contribution in [0.5, 0.6) is 0 Å². The molecule has 2 heterocycles. The quantitative estimate of drug-likeness (QED) is 0.819. The number of halogens is 1. The van der Waals surface area contributed by atoms with Crippen molar-refractivity contribution in [3.63, 3.8) is 0 Å². The molecule has 0 aliphatic carbocycles. The molecule has 2 rings (SSSR count). The predicted octanol–water partition coefficient (Wildman–Crippen LogP) is 1.85. The molecule has 0 spiro atoms. The van der Waals surface area contributed by atoms with Crippen molar-refractivity contribution in [2.45, 2.75) is 19.9 Å². The van der Waals surface area contributed by atoms with Crippen molar-refractivity contribution in [3.8, 4) is 0 Å². The highest BCUT2D eigenvalue weighted by Gasteiger charge is 2.23. The molecule has 1 fully saturated rings. The number of aromatic nitrogens is 1. The first-order chi connectivity index (χ1) is 8.10. The van der Waals surface area contributed by atoms with Crippen LogP contribution in [0, 0.1) is 0 Å². The Labute approximate surface area is 107 Å². The number of nitrogens with two attached hydrogens (primary N) is 1. The van der Waals surface area contributed by atoms with Crippen LogP contribution in [0.1, 0.15) is 13.8 Å². The molecule has 1 aliphatic rings. The summed E-state index contributed by atoms with van der Waals surface area (Å²) >= 11 is 5.93. The van der Waals surface area contributed by atoms with Gasteiger partial charge in [0.05, 0.1) is 0 Å². The minimum Gasteiger partial charge on any atom is -0.399 e. The Bertz CT molecular complexity index is 376. The molecule has 0 radical (unpaired) electrons. The Morgan fingerprint density at radius 2 is 2.24 bits per heavy atom. The minimum absolute atomic E-state index is 0.463. The summed E-state index contributed by atoms with van der Waals surface area (Å²) in [5.41, 5.74) is 6.46. The number of pyridine rings is 1. The topological polar surface area (TPSA) is 45.4 Å². The molecule has 1 aromatic rings. The maximum atomic E-state index is 5.93. The van der Waals surface area contributed by atoms with Gasteiger partial charge in [-0.2, -0.15) is 0 Å². The third-order valence-electron chi connectivity index (χ3n) is 3.30. The van der Waals surface area contributed by atoms with Gasteiger partial charge in [0.1, 0.15) is 11.0 Å². The standard InChI is InChI=1S/C12H19ClN4/c1-3-16-4-5-17(8-9(16)2)12-7-10(14)6-11(13)15-12/h6-7,9H,3-5,8H2,1-2H3,(H2,14,15). The van der Waals surface area contributed by atoms with Crippen LogP contribution in [0.15, 0.2) is 12.1 Å². The maximum absolute atomic E-state index is 5.93. The summed E-state index contributed by atoms with van der Waals surface area (Å²) < 4.78 is 0. The van der Waals surface area contributed by atoms with Crippen molar-refractivity contribution < 1.29 is 0 Å². The summed E-state index contributed by atoms with van der Waals surface area (Å²) in [4.78, 5) is 9.05. The fourth-order valence-electron chi connectivity index (χ4n) is 2.34. The Morgan fingerprint density at radius 3 is 2.82 bits per heavy atom. The number of nitrogen functional groups attached to an aromatic ring is 1. The fourth-order valence-corrected chi connectivity index (χ4v) is 2.55. The van der Waals surface area contributed by atoms with Crippen LogP contribution in [0.4, 0.5) is 11.5 Å². The summed E-state index contributed by atoms with van der Waals surface area (Å²) in [5.74, 6) is 0.887. The second-order valence-electron chi connectivity index (χ2n) is 4.51. The Balaban J connectivity index is 2.13. The Kier molecular flexibility index (Phi) is 3.74. The van der Waals surface area contributed by atoms with E-state index >= 15 is 0 Å². The molecule has 5 heteroatoms. The van der Waals surface area contributed by atoms with E-state index in [0.717, 1.165) is 32.0 Å². The molecule has 0 amide bonds. The molecule has 94 valence electrons. The van der Waals surface area contributed by atoms with Gasteiger partial charge in [0.25, 0.3) is 0 Å². The fraction of sp³-hybridized carbons (Fsp3) is 0.583. The zero-order valence-electron chi connectivity index (χ0n) is 10.4. The van der Waals surface area contributed by atoms with Crippen LogP contribution in [-0.4, -0.2) is 42.1 Å². The van der Waals surface area contributed by atoms with Crippen LogP contribution in [0.2, 0.25) is 5.15 Å². The molecule has 0 bridgehead atoms. The number of anilines is 2. The van der Waals surface area contributed by atoms with Crippen molar-refractivity contribution in [1.82, 2.24) is 9.88 Å². The van der Waals surface area contributed by atoms with E-state index in [1.54, 1.807) is 6.07 Å². The lowest BCUT2D eigenvalue weighted by Crippen LogP contribution is -2.52. The molecular weight excluding hydrogens is 236 g/mol. The van der Waals surface area contributed by atoms with Gasteiger partial charge in [0, 0.05) is 37.4 Å². The SMILES string of the molecule is CCN1CCN(c2cc(N)cc(Cl)n2)CC1C. The van der Waals surface area contributed by atoms with Crippen molar-refractivity contribution in [2.75, 3.05) is 36.8 Å². The Morgan fingerprint density at radius 1 is 1.47 bits per heavy atom. The first kappa shape index (κ1) is 12.5. The first-order valence-electron chi connectivity index (χ1n) is 6.02. The second-order valence-corrected chi connectivity index (χ2v) is 4.89. The number of hydrogen-bond donors (Lipinski definition) is 1. The van der Waals surface area contributed by atoms with Gasteiger partial charge in [0.2, 0.25) is 0 Å². The smallest absolute Gasteiger partial charge is 0.133 e. The van der Waals surface area contributed by atoms with Crippen molar-refractivity contribution in [2.24, 2.45) is 0 Å². The van der Waals surface area contributed by atoms with E-state index in [1.807, 2.05) is 6.07 Å². The third kappa shape index (κ3) is 2.82. The molecule has 0 aromatic carbocycles. The summed E-state index contributed by atoms with van der Waals surface area (Å²) in [5, 5.41) is 0.463. The average molecular weight is 255 g/mol. The molecule has 0 saturated carbocycles. The molecule has 1 unspecified atom stereocenters. The monoisotopic (exact) mass is 254 g/mol. The molecule has 1 saturated heterocycles. The first-order valence-corrected chi connectivity index (χ1v) is 6.40. The normalized spacial score (nSPS) is 21.8. The Hall–Kier alpha value is -1.00. The lowest BCUT2D eigenvalue weighted by Gasteiger charge is -2.40. The maximum Gasteiger partial charge on any atom is 0.133 e. The van der Waals surface area contributed by atoms with E-state index in [1.165, 1.54) is 0 Å². The number of hydrogen-bond acceptors (Lipinski definition) is 4. The number of rotatable bonds is 2. The second kappa shape index (κ2) is 5.10. The number of likely N-dealkylation sites (N-methyl/N-ethyl adjacent to an activating group) is 1. The van der Waals surface area contributed by atoms with E-state index in [0.29, 0.717) is 16.9 Å². The summed E-state index contributed by atoms with van der Waals surface area (Å²) in [6.45, 7) is 8.54. The van der Waals surface area contributed by atoms with Gasteiger partial charge in [-0.15, -0.1) is 0 Å². The zero-order valence-corrected chi connectivity index (χ0v) is 11.1. The highest BCUT2D eigenvalue weighted by molar-refractivity contribution is 6.29. The highest BCUT2D eigenvalue weighted by atomic mass is 35.5. The van der Waals surface area contributed by atoms with Gasteiger partial charge < -0.3 is 10.6 Å². The molecular formula is C12H19ClN4. The zero-order chi connectivity index (χ0) is 12.4. The van der Waals surface area contributed by atoms with E-state index in [-0.39, 0.29) is 0 Å². The summed E-state index contributed by atoms with van der Waals surface area (Å²) in [6.07, 6.45) is 0. The van der Waals surface area contributed by atoms with E-state index < -0.39 is 0 Å². The lowest BCUT2D eigenvalue weighted by molar-refractivity contribution is 0.199. The van der Waals surface area contributed by atoms with Crippen LogP contribution < -0.4 is 10.6 Å². The molecule has 2 N–H and O–H groups in total. The largest absolute Gasteiger partial charge is 0.399 e. The van der Waals surface area contributed by atoms with Gasteiger partial charge >= 0.3 is 0 Å². The third-order valence-corrected chi connectivity index (χ3v) is 3.49.